The summed E-state index contributed by atoms with van der Waals surface area (Å²) in [6, 6.07) is 0. The number of rotatable bonds is 2. The zero-order valence-electron chi connectivity index (χ0n) is 7.58. The van der Waals surface area contributed by atoms with Gasteiger partial charge in [-0.25, -0.2) is 14.7 Å². The third-order valence-electron chi connectivity index (χ3n) is 1.57. The summed E-state index contributed by atoms with van der Waals surface area (Å²) in [6.07, 6.45) is 2.60. The molecule has 0 aromatic carbocycles. The predicted octanol–water partition coefficient (Wildman–Crippen LogP) is -1.07. The molecule has 0 bridgehead atoms. The molecule has 0 fully saturated rings. The molecule has 0 radical (unpaired) electrons. The Balaban J connectivity index is 2.63. The average molecular weight is 243 g/mol. The lowest BCUT2D eigenvalue weighted by molar-refractivity contribution is 0.489. The summed E-state index contributed by atoms with van der Waals surface area (Å²) >= 11 is 0. The molecule has 2 heterocycles. The Kier molecular flexibility index (Phi) is 2.29. The van der Waals surface area contributed by atoms with Gasteiger partial charge >= 0.3 is 10.3 Å². The van der Waals surface area contributed by atoms with E-state index < -0.39 is 21.8 Å². The van der Waals surface area contributed by atoms with E-state index >= 15 is 0 Å². The van der Waals surface area contributed by atoms with Crippen LogP contribution in [0.4, 0.5) is 5.95 Å². The summed E-state index contributed by atoms with van der Waals surface area (Å²) in [5, 5.41) is 0. The highest BCUT2D eigenvalue weighted by atomic mass is 32.2. The Morgan fingerprint density at radius 2 is 2.00 bits per heavy atom. The molecule has 2 aromatic rings. The first-order valence-electron chi connectivity index (χ1n) is 3.92. The van der Waals surface area contributed by atoms with E-state index in [9.17, 15) is 13.2 Å². The SMILES string of the molecule is O=c1[nH]c(NS(=O)(=O)O)nc2nccnc12. The first kappa shape index (κ1) is 10.4. The lowest BCUT2D eigenvalue weighted by Crippen LogP contribution is -2.18. The summed E-state index contributed by atoms with van der Waals surface area (Å²) in [4.78, 5) is 24.5. The van der Waals surface area contributed by atoms with Crippen molar-refractivity contribution in [1.82, 2.24) is 19.9 Å². The Morgan fingerprint density at radius 3 is 2.69 bits per heavy atom. The van der Waals surface area contributed by atoms with E-state index in [2.05, 4.69) is 19.9 Å². The quantitative estimate of drug-likeness (QED) is 0.570. The third-order valence-corrected chi connectivity index (χ3v) is 2.02. The maximum atomic E-state index is 11.4. The largest absolute Gasteiger partial charge is 0.359 e. The van der Waals surface area contributed by atoms with Crippen LogP contribution in [0.2, 0.25) is 0 Å². The molecule has 16 heavy (non-hydrogen) atoms. The molecule has 2 rings (SSSR count). The molecule has 0 aliphatic heterocycles. The van der Waals surface area contributed by atoms with Crippen LogP contribution in [-0.2, 0) is 10.3 Å². The number of hydrogen-bond acceptors (Lipinski definition) is 6. The number of hydrogen-bond donors (Lipinski definition) is 3. The predicted molar refractivity (Wildman–Crippen MR) is 53.1 cm³/mol. The van der Waals surface area contributed by atoms with Gasteiger partial charge in [0.2, 0.25) is 5.95 Å². The van der Waals surface area contributed by atoms with Crippen LogP contribution in [0.3, 0.4) is 0 Å². The molecule has 0 atom stereocenters. The highest BCUT2D eigenvalue weighted by molar-refractivity contribution is 7.87. The Bertz CT molecular complexity index is 693. The minimum absolute atomic E-state index is 0.0246. The molecule has 0 unspecified atom stereocenters. The number of nitrogens with one attached hydrogen (secondary N) is 2. The highest BCUT2D eigenvalue weighted by Crippen LogP contribution is 2.02. The van der Waals surface area contributed by atoms with Crippen LogP contribution in [0.5, 0.6) is 0 Å². The van der Waals surface area contributed by atoms with Gasteiger partial charge in [-0.05, 0) is 0 Å². The zero-order chi connectivity index (χ0) is 11.8. The molecule has 0 amide bonds. The number of aromatic nitrogens is 4. The summed E-state index contributed by atoms with van der Waals surface area (Å²) < 4.78 is 31.1. The van der Waals surface area contributed by atoms with Crippen molar-refractivity contribution in [2.45, 2.75) is 0 Å². The van der Waals surface area contributed by atoms with E-state index in [0.29, 0.717) is 0 Å². The van der Waals surface area contributed by atoms with Gasteiger partial charge in [-0.3, -0.25) is 14.3 Å². The molecule has 2 aromatic heterocycles. The standard InChI is InChI=1S/C6H5N5O4S/c12-5-3-4(8-2-1-7-3)9-6(10-5)11-16(13,14)15/h1-2H,(H,13,14,15)(H2,8,9,10,11,12). The second-order valence-corrected chi connectivity index (χ2v) is 3.87. The van der Waals surface area contributed by atoms with Crippen LogP contribution in [-0.4, -0.2) is 32.9 Å². The van der Waals surface area contributed by atoms with E-state index in [-0.39, 0.29) is 11.2 Å². The van der Waals surface area contributed by atoms with E-state index in [1.54, 1.807) is 4.72 Å². The molecule has 0 aliphatic rings. The fourth-order valence-corrected chi connectivity index (χ4v) is 1.38. The first-order chi connectivity index (χ1) is 7.46. The van der Waals surface area contributed by atoms with Gasteiger partial charge in [0.05, 0.1) is 0 Å². The van der Waals surface area contributed by atoms with Gasteiger partial charge in [0.25, 0.3) is 5.56 Å². The topological polar surface area (TPSA) is 138 Å². The van der Waals surface area contributed by atoms with Gasteiger partial charge in [0.1, 0.15) is 0 Å². The summed E-state index contributed by atoms with van der Waals surface area (Å²) in [6.45, 7) is 0. The molecule has 0 saturated heterocycles. The van der Waals surface area contributed by atoms with E-state index in [4.69, 9.17) is 4.55 Å². The lowest BCUT2D eigenvalue weighted by Gasteiger charge is -2.01. The van der Waals surface area contributed by atoms with Crippen molar-refractivity contribution >= 4 is 27.4 Å². The lowest BCUT2D eigenvalue weighted by atomic mass is 10.5. The van der Waals surface area contributed by atoms with Crippen LogP contribution in [0.25, 0.3) is 11.2 Å². The maximum Gasteiger partial charge on any atom is 0.359 e. The van der Waals surface area contributed by atoms with Crippen molar-refractivity contribution in [3.8, 4) is 0 Å². The van der Waals surface area contributed by atoms with Crippen molar-refractivity contribution in [2.75, 3.05) is 4.72 Å². The van der Waals surface area contributed by atoms with Crippen LogP contribution in [0.15, 0.2) is 17.2 Å². The van der Waals surface area contributed by atoms with Crippen molar-refractivity contribution < 1.29 is 13.0 Å². The first-order valence-corrected chi connectivity index (χ1v) is 5.36. The van der Waals surface area contributed by atoms with Gasteiger partial charge in [0, 0.05) is 12.4 Å². The molecular weight excluding hydrogens is 238 g/mol. The summed E-state index contributed by atoms with van der Waals surface area (Å²) in [5.41, 5.74) is -0.718. The van der Waals surface area contributed by atoms with Crippen LogP contribution in [0, 0.1) is 0 Å². The number of aromatic amines is 1. The van der Waals surface area contributed by atoms with Crippen molar-refractivity contribution in [2.24, 2.45) is 0 Å². The Hall–Kier alpha value is -2.07. The molecule has 0 aliphatic carbocycles. The van der Waals surface area contributed by atoms with Gasteiger partial charge in [-0.2, -0.15) is 13.4 Å². The molecule has 0 spiro atoms. The molecule has 10 heteroatoms. The molecule has 3 N–H and O–H groups in total. The highest BCUT2D eigenvalue weighted by Gasteiger charge is 2.09. The third kappa shape index (κ3) is 2.12. The Morgan fingerprint density at radius 1 is 1.31 bits per heavy atom. The number of nitrogens with zero attached hydrogens (tertiary/aromatic N) is 3. The monoisotopic (exact) mass is 243 g/mol. The smallest absolute Gasteiger partial charge is 0.290 e. The number of H-pyrrole nitrogens is 1. The maximum absolute atomic E-state index is 11.4. The van der Waals surface area contributed by atoms with E-state index in [1.807, 2.05) is 0 Å². The van der Waals surface area contributed by atoms with Crippen molar-refractivity contribution in [3.63, 3.8) is 0 Å². The van der Waals surface area contributed by atoms with Gasteiger partial charge in [-0.1, -0.05) is 0 Å². The van der Waals surface area contributed by atoms with Crippen LogP contribution < -0.4 is 10.3 Å². The van der Waals surface area contributed by atoms with Crippen molar-refractivity contribution in [3.05, 3.63) is 22.7 Å². The molecule has 9 nitrogen and oxygen atoms in total. The average Bonchev–Trinajstić information content (AvgIpc) is 2.15. The zero-order valence-corrected chi connectivity index (χ0v) is 8.39. The minimum Gasteiger partial charge on any atom is -0.290 e. The van der Waals surface area contributed by atoms with Crippen LogP contribution in [0.1, 0.15) is 0 Å². The van der Waals surface area contributed by atoms with Gasteiger partial charge in [0.15, 0.2) is 11.2 Å². The summed E-state index contributed by atoms with van der Waals surface area (Å²) in [7, 11) is -4.49. The second kappa shape index (κ2) is 3.50. The second-order valence-electron chi connectivity index (χ2n) is 2.72. The van der Waals surface area contributed by atoms with Gasteiger partial charge < -0.3 is 0 Å². The molecular formula is C6H5N5O4S. The van der Waals surface area contributed by atoms with E-state index in [0.717, 1.165) is 0 Å². The molecule has 84 valence electrons. The summed E-state index contributed by atoms with van der Waals surface area (Å²) in [5.74, 6) is -0.430. The van der Waals surface area contributed by atoms with E-state index in [1.165, 1.54) is 12.4 Å². The molecule has 0 saturated carbocycles. The fraction of sp³-hybridized carbons (Fsp3) is 0. The van der Waals surface area contributed by atoms with Crippen LogP contribution >= 0.6 is 0 Å². The Labute approximate surface area is 88.5 Å². The number of anilines is 1. The number of fused-ring (bicyclic) bond motifs is 1. The van der Waals surface area contributed by atoms with Gasteiger partial charge in [-0.15, -0.1) is 0 Å². The minimum atomic E-state index is -4.49. The van der Waals surface area contributed by atoms with Crippen molar-refractivity contribution in [1.29, 1.82) is 0 Å². The normalized spacial score (nSPS) is 11.6. The fourth-order valence-electron chi connectivity index (χ4n) is 1.04.